The van der Waals surface area contributed by atoms with Gasteiger partial charge in [-0.2, -0.15) is 0 Å². The topological polar surface area (TPSA) is 87.7 Å². The molecule has 1 aliphatic rings. The molecule has 0 aromatic heterocycles. The van der Waals surface area contributed by atoms with E-state index in [1.165, 1.54) is 0 Å². The van der Waals surface area contributed by atoms with E-state index in [9.17, 15) is 4.79 Å². The van der Waals surface area contributed by atoms with Crippen LogP contribution in [0, 0.1) is 0 Å². The number of nitrogens with two attached hydrogens (primary N) is 1. The summed E-state index contributed by atoms with van der Waals surface area (Å²) in [6.45, 7) is 1.97. The molecule has 108 valence electrons. The van der Waals surface area contributed by atoms with Gasteiger partial charge in [0.1, 0.15) is 0 Å². The van der Waals surface area contributed by atoms with E-state index in [0.717, 1.165) is 18.6 Å². The van der Waals surface area contributed by atoms with Crippen LogP contribution >= 0.6 is 27.7 Å². The average molecular weight is 358 g/mol. The van der Waals surface area contributed by atoms with E-state index in [1.807, 2.05) is 6.92 Å². The Bertz CT molecular complexity index is 557. The summed E-state index contributed by atoms with van der Waals surface area (Å²) >= 11 is 5.08. The number of amides is 1. The first kappa shape index (κ1) is 15.2. The van der Waals surface area contributed by atoms with Gasteiger partial charge in [0.2, 0.25) is 5.91 Å². The van der Waals surface area contributed by atoms with Gasteiger partial charge < -0.3 is 16.3 Å². The summed E-state index contributed by atoms with van der Waals surface area (Å²) in [5, 5.41) is 14.5. The van der Waals surface area contributed by atoms with Crippen molar-refractivity contribution in [2.45, 2.75) is 24.5 Å². The predicted molar refractivity (Wildman–Crippen MR) is 85.4 cm³/mol. The number of anilines is 1. The maximum atomic E-state index is 12.3. The van der Waals surface area contributed by atoms with Crippen LogP contribution < -0.4 is 11.1 Å². The molecule has 0 bridgehead atoms. The molecule has 1 amide bonds. The van der Waals surface area contributed by atoms with Crippen molar-refractivity contribution < 1.29 is 10.0 Å². The summed E-state index contributed by atoms with van der Waals surface area (Å²) in [5.74, 6) is 1.06. The second-order valence-corrected chi connectivity index (χ2v) is 7.27. The highest BCUT2D eigenvalue weighted by molar-refractivity contribution is 9.10. The van der Waals surface area contributed by atoms with Gasteiger partial charge in [0.05, 0.1) is 10.4 Å². The molecule has 1 aliphatic heterocycles. The van der Waals surface area contributed by atoms with Gasteiger partial charge in [-0.25, -0.2) is 0 Å². The monoisotopic (exact) mass is 357 g/mol. The van der Waals surface area contributed by atoms with Crippen LogP contribution in [0.15, 0.2) is 27.8 Å². The van der Waals surface area contributed by atoms with E-state index < -0.39 is 0 Å². The van der Waals surface area contributed by atoms with Crippen molar-refractivity contribution in [3.8, 4) is 0 Å². The SMILES string of the molecule is CC1(C(=O)Nc2ccc(/C(N)=N/O)cc2Br)CCCS1. The van der Waals surface area contributed by atoms with Crippen LogP contribution in [0.25, 0.3) is 0 Å². The highest BCUT2D eigenvalue weighted by Crippen LogP contribution is 2.39. The fourth-order valence-corrected chi connectivity index (χ4v) is 3.73. The number of amidine groups is 1. The molecule has 1 aromatic carbocycles. The molecule has 0 spiro atoms. The van der Waals surface area contributed by atoms with E-state index in [0.29, 0.717) is 15.7 Å². The Kier molecular flexibility index (Phi) is 4.59. The minimum Gasteiger partial charge on any atom is -0.409 e. The lowest BCUT2D eigenvalue weighted by atomic mass is 10.0. The Morgan fingerprint density at radius 1 is 1.60 bits per heavy atom. The molecule has 0 aliphatic carbocycles. The molecule has 2 rings (SSSR count). The van der Waals surface area contributed by atoms with Gasteiger partial charge in [0.15, 0.2) is 5.84 Å². The van der Waals surface area contributed by atoms with Crippen molar-refractivity contribution in [1.29, 1.82) is 0 Å². The molecule has 1 heterocycles. The van der Waals surface area contributed by atoms with Gasteiger partial charge in [-0.1, -0.05) is 5.16 Å². The number of thioether (sulfide) groups is 1. The van der Waals surface area contributed by atoms with Crippen LogP contribution in [0.2, 0.25) is 0 Å². The molecule has 1 unspecified atom stereocenters. The van der Waals surface area contributed by atoms with E-state index in [1.54, 1.807) is 30.0 Å². The maximum Gasteiger partial charge on any atom is 0.240 e. The first-order chi connectivity index (χ1) is 9.46. The molecule has 0 saturated carbocycles. The van der Waals surface area contributed by atoms with Crippen LogP contribution in [0.4, 0.5) is 5.69 Å². The molecule has 1 saturated heterocycles. The minimum absolute atomic E-state index is 0.0113. The standard InChI is InChI=1S/C13H16BrN3O2S/c1-13(5-2-6-20-13)12(18)16-10-4-3-8(7-9(10)14)11(15)17-19/h3-4,7,19H,2,5-6H2,1H3,(H2,15,17)(H,16,18). The third kappa shape index (κ3) is 3.09. The normalized spacial score (nSPS) is 22.8. The smallest absolute Gasteiger partial charge is 0.240 e. The first-order valence-electron chi connectivity index (χ1n) is 6.19. The van der Waals surface area contributed by atoms with Crippen molar-refractivity contribution in [1.82, 2.24) is 0 Å². The third-order valence-electron chi connectivity index (χ3n) is 3.32. The van der Waals surface area contributed by atoms with Crippen LogP contribution in [-0.2, 0) is 4.79 Å². The number of hydrogen-bond donors (Lipinski definition) is 3. The fraction of sp³-hybridized carbons (Fsp3) is 0.385. The number of halogens is 1. The van der Waals surface area contributed by atoms with Crippen molar-refractivity contribution in [3.63, 3.8) is 0 Å². The van der Waals surface area contributed by atoms with Crippen molar-refractivity contribution in [2.75, 3.05) is 11.1 Å². The number of nitrogens with one attached hydrogen (secondary N) is 1. The Morgan fingerprint density at radius 2 is 2.35 bits per heavy atom. The Morgan fingerprint density at radius 3 is 2.90 bits per heavy atom. The molecular formula is C13H16BrN3O2S. The highest BCUT2D eigenvalue weighted by atomic mass is 79.9. The van der Waals surface area contributed by atoms with Gasteiger partial charge in [-0.05, 0) is 59.6 Å². The largest absolute Gasteiger partial charge is 0.409 e. The summed E-state index contributed by atoms with van der Waals surface area (Å²) < 4.78 is 0.338. The van der Waals surface area contributed by atoms with Crippen LogP contribution in [0.3, 0.4) is 0 Å². The van der Waals surface area contributed by atoms with Gasteiger partial charge in [-0.3, -0.25) is 4.79 Å². The van der Waals surface area contributed by atoms with E-state index >= 15 is 0 Å². The molecule has 1 atom stereocenters. The molecule has 0 radical (unpaired) electrons. The van der Waals surface area contributed by atoms with E-state index in [-0.39, 0.29) is 16.5 Å². The quantitative estimate of drug-likeness (QED) is 0.336. The number of hydrogen-bond acceptors (Lipinski definition) is 4. The Balaban J connectivity index is 2.16. The third-order valence-corrected chi connectivity index (χ3v) is 5.50. The number of rotatable bonds is 3. The van der Waals surface area contributed by atoms with Crippen molar-refractivity contribution in [3.05, 3.63) is 28.2 Å². The van der Waals surface area contributed by atoms with E-state index in [2.05, 4.69) is 26.4 Å². The summed E-state index contributed by atoms with van der Waals surface area (Å²) in [7, 11) is 0. The number of oxime groups is 1. The minimum atomic E-state index is -0.357. The summed E-state index contributed by atoms with van der Waals surface area (Å²) in [4.78, 5) is 12.3. The Hall–Kier alpha value is -1.21. The molecular weight excluding hydrogens is 342 g/mol. The maximum absolute atomic E-state index is 12.3. The lowest BCUT2D eigenvalue weighted by Crippen LogP contribution is -2.34. The van der Waals surface area contributed by atoms with E-state index in [4.69, 9.17) is 10.9 Å². The summed E-state index contributed by atoms with van der Waals surface area (Å²) in [6, 6.07) is 5.13. The molecule has 7 heteroatoms. The summed E-state index contributed by atoms with van der Waals surface area (Å²) in [5.41, 5.74) is 6.78. The first-order valence-corrected chi connectivity index (χ1v) is 7.97. The molecule has 5 nitrogen and oxygen atoms in total. The van der Waals surface area contributed by atoms with Gasteiger partial charge in [-0.15, -0.1) is 11.8 Å². The predicted octanol–water partition coefficient (Wildman–Crippen LogP) is 2.77. The number of nitrogens with zero attached hydrogens (tertiary/aromatic N) is 1. The molecule has 20 heavy (non-hydrogen) atoms. The molecule has 4 N–H and O–H groups in total. The second kappa shape index (κ2) is 6.05. The van der Waals surface area contributed by atoms with Gasteiger partial charge in [0, 0.05) is 10.0 Å². The zero-order chi connectivity index (χ0) is 14.8. The van der Waals surface area contributed by atoms with Crippen LogP contribution in [-0.4, -0.2) is 27.4 Å². The average Bonchev–Trinajstić information content (AvgIpc) is 2.88. The number of carbonyl (C=O) groups is 1. The molecule has 1 aromatic rings. The van der Waals surface area contributed by atoms with Crippen molar-refractivity contribution in [2.24, 2.45) is 10.9 Å². The highest BCUT2D eigenvalue weighted by Gasteiger charge is 2.37. The van der Waals surface area contributed by atoms with Gasteiger partial charge >= 0.3 is 0 Å². The lowest BCUT2D eigenvalue weighted by Gasteiger charge is -2.22. The van der Waals surface area contributed by atoms with Crippen molar-refractivity contribution >= 4 is 45.1 Å². The summed E-state index contributed by atoms with van der Waals surface area (Å²) in [6.07, 6.45) is 1.96. The number of carbonyl (C=O) groups excluding carboxylic acids is 1. The van der Waals surface area contributed by atoms with Crippen LogP contribution in [0.5, 0.6) is 0 Å². The molecule has 1 fully saturated rings. The Labute approximate surface area is 130 Å². The second-order valence-electron chi connectivity index (χ2n) is 4.82. The van der Waals surface area contributed by atoms with Gasteiger partial charge in [0.25, 0.3) is 0 Å². The zero-order valence-corrected chi connectivity index (χ0v) is 13.4. The zero-order valence-electron chi connectivity index (χ0n) is 11.0. The lowest BCUT2D eigenvalue weighted by molar-refractivity contribution is -0.118. The fourth-order valence-electron chi connectivity index (χ4n) is 2.05. The number of benzene rings is 1. The van der Waals surface area contributed by atoms with Crippen LogP contribution in [0.1, 0.15) is 25.3 Å².